The first-order valence-corrected chi connectivity index (χ1v) is 9.02. The minimum absolute atomic E-state index is 0.147. The standard InChI is InChI=1S/C10H7ClN2O2.C10H8N2O3/c1-6-2-3-8-7(4-6)10(11)9(5-12-8)13(14)15;1-6-2-3-8-7(4-6)10(13)9(5-11-8)12(14)15/h2-5H,1H3;2-5H,1H3,(H,11,13). The van der Waals surface area contributed by atoms with Gasteiger partial charge in [-0.15, -0.1) is 0 Å². The quantitative estimate of drug-likeness (QED) is 0.360. The predicted octanol–water partition coefficient (Wildman–Crippen LogP) is 4.85. The molecule has 152 valence electrons. The van der Waals surface area contributed by atoms with E-state index in [4.69, 9.17) is 11.6 Å². The molecule has 0 saturated heterocycles. The van der Waals surface area contributed by atoms with E-state index in [9.17, 15) is 25.0 Å². The summed E-state index contributed by atoms with van der Waals surface area (Å²) in [6.07, 6.45) is 2.31. The number of rotatable bonds is 2. The second-order valence-electron chi connectivity index (χ2n) is 6.54. The first-order valence-electron chi connectivity index (χ1n) is 8.64. The second-order valence-corrected chi connectivity index (χ2v) is 6.92. The van der Waals surface area contributed by atoms with Crippen molar-refractivity contribution in [3.05, 3.63) is 95.4 Å². The highest BCUT2D eigenvalue weighted by Gasteiger charge is 2.16. The number of nitrogens with one attached hydrogen (secondary N) is 1. The number of aryl methyl sites for hydroxylation is 2. The van der Waals surface area contributed by atoms with Crippen molar-refractivity contribution >= 4 is 44.8 Å². The molecular formula is C20H15ClN4O5. The maximum atomic E-state index is 11.7. The molecule has 0 aliphatic heterocycles. The lowest BCUT2D eigenvalue weighted by Gasteiger charge is -2.01. The highest BCUT2D eigenvalue weighted by Crippen LogP contribution is 2.31. The molecule has 0 spiro atoms. The maximum Gasteiger partial charge on any atom is 0.332 e. The first kappa shape index (κ1) is 20.9. The van der Waals surface area contributed by atoms with Crippen molar-refractivity contribution in [3.63, 3.8) is 0 Å². The number of fused-ring (bicyclic) bond motifs is 2. The molecule has 2 aromatic carbocycles. The molecule has 30 heavy (non-hydrogen) atoms. The third-order valence-corrected chi connectivity index (χ3v) is 4.75. The zero-order chi connectivity index (χ0) is 22.0. The number of pyridine rings is 2. The van der Waals surface area contributed by atoms with Crippen molar-refractivity contribution in [1.29, 1.82) is 0 Å². The van der Waals surface area contributed by atoms with E-state index in [-0.39, 0.29) is 10.7 Å². The highest BCUT2D eigenvalue weighted by molar-refractivity contribution is 6.37. The molecule has 1 N–H and O–H groups in total. The van der Waals surface area contributed by atoms with Crippen molar-refractivity contribution in [1.82, 2.24) is 9.97 Å². The SMILES string of the molecule is Cc1ccc2[nH]cc([N+](=O)[O-])c(=O)c2c1.Cc1ccc2ncc([N+](=O)[O-])c(Cl)c2c1. The van der Waals surface area contributed by atoms with Crippen LogP contribution in [0.15, 0.2) is 53.6 Å². The Labute approximate surface area is 174 Å². The Bertz CT molecular complexity index is 1370. The van der Waals surface area contributed by atoms with Gasteiger partial charge in [-0.3, -0.25) is 25.0 Å². The number of nitrogens with zero attached hydrogens (tertiary/aromatic N) is 3. The average Bonchev–Trinajstić information content (AvgIpc) is 2.69. The molecule has 10 heteroatoms. The summed E-state index contributed by atoms with van der Waals surface area (Å²) in [6, 6.07) is 10.7. The summed E-state index contributed by atoms with van der Waals surface area (Å²) in [5.41, 5.74) is 2.04. The lowest BCUT2D eigenvalue weighted by atomic mass is 10.1. The van der Waals surface area contributed by atoms with Crippen molar-refractivity contribution in [2.45, 2.75) is 13.8 Å². The van der Waals surface area contributed by atoms with Gasteiger partial charge in [0, 0.05) is 10.9 Å². The zero-order valence-electron chi connectivity index (χ0n) is 15.9. The van der Waals surface area contributed by atoms with Crippen LogP contribution in [0, 0.1) is 34.1 Å². The molecule has 0 radical (unpaired) electrons. The molecule has 0 fully saturated rings. The number of nitro groups is 2. The molecule has 9 nitrogen and oxygen atoms in total. The van der Waals surface area contributed by atoms with Gasteiger partial charge in [-0.05, 0) is 38.1 Å². The van der Waals surface area contributed by atoms with E-state index in [0.29, 0.717) is 21.8 Å². The number of hydrogen-bond donors (Lipinski definition) is 1. The van der Waals surface area contributed by atoms with Gasteiger partial charge in [0.1, 0.15) is 11.2 Å². The van der Waals surface area contributed by atoms with Crippen LogP contribution in [0.4, 0.5) is 11.4 Å². The van der Waals surface area contributed by atoms with Crippen LogP contribution in [0.1, 0.15) is 11.1 Å². The van der Waals surface area contributed by atoms with Crippen molar-refractivity contribution < 1.29 is 9.85 Å². The van der Waals surface area contributed by atoms with Gasteiger partial charge in [0.05, 0.1) is 26.9 Å². The van der Waals surface area contributed by atoms with E-state index in [2.05, 4.69) is 9.97 Å². The Morgan fingerprint density at radius 1 is 0.933 bits per heavy atom. The summed E-state index contributed by atoms with van der Waals surface area (Å²) >= 11 is 5.93. The fourth-order valence-electron chi connectivity index (χ4n) is 2.85. The Morgan fingerprint density at radius 3 is 2.17 bits per heavy atom. The van der Waals surface area contributed by atoms with E-state index in [0.717, 1.165) is 17.3 Å². The van der Waals surface area contributed by atoms with Crippen molar-refractivity contribution in [3.8, 4) is 0 Å². The number of H-pyrrole nitrogens is 1. The van der Waals surface area contributed by atoms with Gasteiger partial charge in [-0.1, -0.05) is 34.9 Å². The van der Waals surface area contributed by atoms with Gasteiger partial charge in [0.2, 0.25) is 0 Å². The summed E-state index contributed by atoms with van der Waals surface area (Å²) in [6.45, 7) is 3.73. The molecule has 4 rings (SSSR count). The van der Waals surface area contributed by atoms with Crippen LogP contribution < -0.4 is 5.43 Å². The average molecular weight is 427 g/mol. The lowest BCUT2D eigenvalue weighted by molar-refractivity contribution is -0.386. The summed E-state index contributed by atoms with van der Waals surface area (Å²) in [5.74, 6) is 0. The minimum atomic E-state index is -0.680. The van der Waals surface area contributed by atoms with Crippen molar-refractivity contribution in [2.24, 2.45) is 0 Å². The predicted molar refractivity (Wildman–Crippen MR) is 114 cm³/mol. The van der Waals surface area contributed by atoms with Gasteiger partial charge < -0.3 is 4.98 Å². The first-order chi connectivity index (χ1) is 14.2. The minimum Gasteiger partial charge on any atom is -0.355 e. The van der Waals surface area contributed by atoms with Crippen LogP contribution in [-0.4, -0.2) is 19.8 Å². The summed E-state index contributed by atoms with van der Waals surface area (Å²) in [7, 11) is 0. The fourth-order valence-corrected chi connectivity index (χ4v) is 3.12. The van der Waals surface area contributed by atoms with Gasteiger partial charge in [0.25, 0.3) is 5.43 Å². The molecule has 0 unspecified atom stereocenters. The van der Waals surface area contributed by atoms with Crippen molar-refractivity contribution in [2.75, 3.05) is 0 Å². The smallest absolute Gasteiger partial charge is 0.332 e. The Morgan fingerprint density at radius 2 is 1.53 bits per heavy atom. The third kappa shape index (κ3) is 4.11. The summed E-state index contributed by atoms with van der Waals surface area (Å²) < 4.78 is 0. The Kier molecular flexibility index (Phi) is 5.74. The van der Waals surface area contributed by atoms with Gasteiger partial charge >= 0.3 is 11.4 Å². The summed E-state index contributed by atoms with van der Waals surface area (Å²) in [4.78, 5) is 38.3. The highest BCUT2D eigenvalue weighted by atomic mass is 35.5. The normalized spacial score (nSPS) is 10.5. The number of aromatic amines is 1. The molecule has 2 aromatic heterocycles. The van der Waals surface area contributed by atoms with E-state index < -0.39 is 21.0 Å². The number of halogens is 1. The number of aromatic nitrogens is 2. The van der Waals surface area contributed by atoms with E-state index >= 15 is 0 Å². The third-order valence-electron chi connectivity index (χ3n) is 4.35. The largest absolute Gasteiger partial charge is 0.355 e. The monoisotopic (exact) mass is 426 g/mol. The van der Waals surface area contributed by atoms with E-state index in [1.807, 2.05) is 26.0 Å². The molecule has 0 saturated carbocycles. The molecule has 0 atom stereocenters. The maximum absolute atomic E-state index is 11.7. The molecule has 0 amide bonds. The summed E-state index contributed by atoms with van der Waals surface area (Å²) in [5, 5.41) is 22.3. The van der Waals surface area contributed by atoms with Gasteiger partial charge in [-0.2, -0.15) is 0 Å². The van der Waals surface area contributed by atoms with E-state index in [1.165, 1.54) is 6.20 Å². The van der Waals surface area contributed by atoms with Crippen LogP contribution in [0.2, 0.25) is 5.02 Å². The number of benzene rings is 2. The number of hydrogen-bond acceptors (Lipinski definition) is 6. The fraction of sp³-hybridized carbons (Fsp3) is 0.100. The molecule has 0 aliphatic carbocycles. The molecule has 2 heterocycles. The van der Waals surface area contributed by atoms with Crippen LogP contribution in [0.25, 0.3) is 21.8 Å². The van der Waals surface area contributed by atoms with Crippen LogP contribution in [0.3, 0.4) is 0 Å². The van der Waals surface area contributed by atoms with Crippen LogP contribution >= 0.6 is 11.6 Å². The molecule has 0 aliphatic rings. The second kappa shape index (κ2) is 8.26. The Hall–Kier alpha value is -3.85. The van der Waals surface area contributed by atoms with Gasteiger partial charge in [-0.25, -0.2) is 4.98 Å². The van der Waals surface area contributed by atoms with Gasteiger partial charge in [0.15, 0.2) is 0 Å². The lowest BCUT2D eigenvalue weighted by Crippen LogP contribution is -2.09. The zero-order valence-corrected chi connectivity index (χ0v) is 16.6. The molecule has 4 aromatic rings. The van der Waals surface area contributed by atoms with Crippen LogP contribution in [0.5, 0.6) is 0 Å². The molecular weight excluding hydrogens is 412 g/mol. The van der Waals surface area contributed by atoms with E-state index in [1.54, 1.807) is 24.3 Å². The molecule has 0 bridgehead atoms. The Balaban J connectivity index is 0.000000171. The topological polar surface area (TPSA) is 132 Å². The van der Waals surface area contributed by atoms with Crippen LogP contribution in [-0.2, 0) is 0 Å².